The van der Waals surface area contributed by atoms with Gasteiger partial charge in [-0.3, -0.25) is 9.59 Å². The van der Waals surface area contributed by atoms with Crippen LogP contribution in [0.25, 0.3) is 0 Å². The summed E-state index contributed by atoms with van der Waals surface area (Å²) in [6.07, 6.45) is 7.99. The van der Waals surface area contributed by atoms with Gasteiger partial charge in [0.15, 0.2) is 0 Å². The summed E-state index contributed by atoms with van der Waals surface area (Å²) in [5.41, 5.74) is 2.38. The van der Waals surface area contributed by atoms with Crippen LogP contribution in [0.1, 0.15) is 80.1 Å². The molecular weight excluding hydrogens is 398 g/mol. The van der Waals surface area contributed by atoms with E-state index < -0.39 is 5.60 Å². The number of carbonyl (C=O) groups excluding carboxylic acids is 2. The topological polar surface area (TPSA) is 94.4 Å². The molecule has 0 saturated carbocycles. The molecule has 7 heteroatoms. The van der Waals surface area contributed by atoms with Gasteiger partial charge in [-0.15, -0.1) is 0 Å². The normalized spacial score (nSPS) is 24.3. The van der Waals surface area contributed by atoms with Gasteiger partial charge in [-0.25, -0.2) is 0 Å². The molecular formula is C24H39NO6. The van der Waals surface area contributed by atoms with E-state index in [1.807, 2.05) is 26.8 Å². The molecule has 0 amide bonds. The summed E-state index contributed by atoms with van der Waals surface area (Å²) in [6.45, 7) is 11.5. The lowest BCUT2D eigenvalue weighted by atomic mass is 9.87. The Labute approximate surface area is 186 Å². The predicted molar refractivity (Wildman–Crippen MR) is 120 cm³/mol. The van der Waals surface area contributed by atoms with Crippen molar-refractivity contribution in [2.45, 2.75) is 91.8 Å². The van der Waals surface area contributed by atoms with E-state index >= 15 is 0 Å². The summed E-state index contributed by atoms with van der Waals surface area (Å²) < 4.78 is 16.9. The lowest BCUT2D eigenvalue weighted by Gasteiger charge is -2.35. The quantitative estimate of drug-likeness (QED) is 0.170. The van der Waals surface area contributed by atoms with Crippen molar-refractivity contribution in [2.24, 2.45) is 11.1 Å². The van der Waals surface area contributed by atoms with E-state index in [2.05, 4.69) is 18.2 Å². The highest BCUT2D eigenvalue weighted by atomic mass is 16.6. The van der Waals surface area contributed by atoms with Crippen LogP contribution in [0.15, 0.2) is 28.5 Å². The minimum absolute atomic E-state index is 0.140. The van der Waals surface area contributed by atoms with E-state index in [1.54, 1.807) is 0 Å². The van der Waals surface area contributed by atoms with Crippen molar-refractivity contribution in [1.29, 1.82) is 0 Å². The molecule has 1 aliphatic rings. The van der Waals surface area contributed by atoms with Crippen LogP contribution in [-0.4, -0.2) is 47.8 Å². The van der Waals surface area contributed by atoms with Gasteiger partial charge in [-0.05, 0) is 70.4 Å². The Kier molecular flexibility index (Phi) is 11.5. The average molecular weight is 438 g/mol. The first-order chi connectivity index (χ1) is 14.6. The summed E-state index contributed by atoms with van der Waals surface area (Å²) in [5.74, 6) is -0.503. The summed E-state index contributed by atoms with van der Waals surface area (Å²) in [6, 6.07) is 0. The van der Waals surface area contributed by atoms with Crippen molar-refractivity contribution in [3.63, 3.8) is 0 Å². The van der Waals surface area contributed by atoms with Crippen LogP contribution in [-0.2, 0) is 23.8 Å². The Hall–Kier alpha value is -2.15. The van der Waals surface area contributed by atoms with Gasteiger partial charge in [0.25, 0.3) is 0 Å². The highest BCUT2D eigenvalue weighted by Gasteiger charge is 2.39. The van der Waals surface area contributed by atoms with E-state index in [-0.39, 0.29) is 30.6 Å². The zero-order valence-corrected chi connectivity index (χ0v) is 19.9. The van der Waals surface area contributed by atoms with E-state index in [4.69, 9.17) is 14.2 Å². The minimum atomic E-state index is -0.612. The van der Waals surface area contributed by atoms with Gasteiger partial charge < -0.3 is 19.4 Å². The van der Waals surface area contributed by atoms with E-state index in [0.717, 1.165) is 30.5 Å². The van der Waals surface area contributed by atoms with Crippen molar-refractivity contribution in [1.82, 2.24) is 0 Å². The van der Waals surface area contributed by atoms with Gasteiger partial charge in [0.05, 0.1) is 12.3 Å². The number of nitrogens with zero attached hydrogens (tertiary/aromatic N) is 1. The minimum Gasteiger partial charge on any atom is -0.462 e. The van der Waals surface area contributed by atoms with Crippen molar-refractivity contribution >= 4 is 17.7 Å². The first-order valence-electron chi connectivity index (χ1n) is 11.0. The summed E-state index contributed by atoms with van der Waals surface area (Å²) >= 11 is 0. The molecule has 7 nitrogen and oxygen atoms in total. The molecule has 176 valence electrons. The second-order valence-corrected chi connectivity index (χ2v) is 8.77. The summed E-state index contributed by atoms with van der Waals surface area (Å²) in [7, 11) is 0. The lowest BCUT2D eigenvalue weighted by Crippen LogP contribution is -2.43. The zero-order valence-electron chi connectivity index (χ0n) is 19.9. The van der Waals surface area contributed by atoms with Crippen molar-refractivity contribution < 1.29 is 29.0 Å². The molecule has 1 saturated heterocycles. The third-order valence-corrected chi connectivity index (χ3v) is 5.69. The second-order valence-electron chi connectivity index (χ2n) is 8.77. The molecule has 1 fully saturated rings. The standard InChI is InChI=1S/C24H39NO6/c1-17(2)9-11-22(25-28)18(3)8-7-14-24(6)23(31-20(5)27)12-10-21(16-30-24)13-15-29-19(4)26/h9,13,18,23,28H,7-8,10-12,14-16H2,1-6H3/t18?,23-,24+/m1/s1. The smallest absolute Gasteiger partial charge is 0.303 e. The monoisotopic (exact) mass is 437 g/mol. The van der Waals surface area contributed by atoms with Gasteiger partial charge in [0, 0.05) is 20.3 Å². The molecule has 0 aliphatic carbocycles. The second kappa shape index (κ2) is 13.3. The van der Waals surface area contributed by atoms with E-state index in [1.165, 1.54) is 19.4 Å². The Morgan fingerprint density at radius 3 is 2.58 bits per heavy atom. The maximum absolute atomic E-state index is 11.7. The maximum atomic E-state index is 11.7. The molecule has 0 aromatic rings. The molecule has 1 aliphatic heterocycles. The van der Waals surface area contributed by atoms with Crippen LogP contribution in [0, 0.1) is 5.92 Å². The van der Waals surface area contributed by atoms with Crippen LogP contribution in [0.2, 0.25) is 0 Å². The third kappa shape index (κ3) is 10.1. The number of hydrogen-bond donors (Lipinski definition) is 1. The Morgan fingerprint density at radius 1 is 1.29 bits per heavy atom. The molecule has 0 radical (unpaired) electrons. The molecule has 0 aromatic carbocycles. The van der Waals surface area contributed by atoms with Gasteiger partial charge in [-0.1, -0.05) is 23.7 Å². The maximum Gasteiger partial charge on any atom is 0.303 e. The van der Waals surface area contributed by atoms with Crippen LogP contribution in [0.3, 0.4) is 0 Å². The SMILES string of the molecule is CC(=O)OCC=C1CC[C@@H](OC(C)=O)[C@](C)(CCCC(C)C(CC=C(C)C)=NO)OC1. The lowest BCUT2D eigenvalue weighted by molar-refractivity contribution is -0.167. The molecule has 3 atom stereocenters. The zero-order chi connectivity index (χ0) is 23.4. The van der Waals surface area contributed by atoms with Crippen LogP contribution in [0.5, 0.6) is 0 Å². The predicted octanol–water partition coefficient (Wildman–Crippen LogP) is 4.97. The fraction of sp³-hybridized carbons (Fsp3) is 0.708. The molecule has 1 unspecified atom stereocenters. The van der Waals surface area contributed by atoms with E-state index in [0.29, 0.717) is 25.9 Å². The van der Waals surface area contributed by atoms with Crippen LogP contribution >= 0.6 is 0 Å². The number of carbonyl (C=O) groups is 2. The number of rotatable bonds is 10. The van der Waals surface area contributed by atoms with Gasteiger partial charge >= 0.3 is 11.9 Å². The fourth-order valence-corrected chi connectivity index (χ4v) is 3.67. The van der Waals surface area contributed by atoms with Gasteiger partial charge in [0.1, 0.15) is 18.3 Å². The summed E-state index contributed by atoms with van der Waals surface area (Å²) in [5, 5.41) is 12.9. The molecule has 0 bridgehead atoms. The summed E-state index contributed by atoms with van der Waals surface area (Å²) in [4.78, 5) is 22.7. The number of ether oxygens (including phenoxy) is 3. The van der Waals surface area contributed by atoms with E-state index in [9.17, 15) is 14.8 Å². The molecule has 0 aromatic heterocycles. The number of oxime groups is 1. The van der Waals surface area contributed by atoms with Gasteiger partial charge in [0.2, 0.25) is 0 Å². The molecule has 31 heavy (non-hydrogen) atoms. The first-order valence-corrected chi connectivity index (χ1v) is 11.0. The molecule has 0 spiro atoms. The van der Waals surface area contributed by atoms with Crippen molar-refractivity contribution in [3.8, 4) is 0 Å². The number of allylic oxidation sites excluding steroid dienone is 2. The van der Waals surface area contributed by atoms with Crippen LogP contribution in [0.4, 0.5) is 0 Å². The number of hydrogen-bond acceptors (Lipinski definition) is 7. The largest absolute Gasteiger partial charge is 0.462 e. The molecule has 1 N–H and O–H groups in total. The fourth-order valence-electron chi connectivity index (χ4n) is 3.67. The molecule has 1 heterocycles. The third-order valence-electron chi connectivity index (χ3n) is 5.69. The highest BCUT2D eigenvalue weighted by molar-refractivity contribution is 5.87. The Bertz CT molecular complexity index is 692. The first kappa shape index (κ1) is 26.9. The van der Waals surface area contributed by atoms with Crippen LogP contribution < -0.4 is 0 Å². The van der Waals surface area contributed by atoms with Gasteiger partial charge in [-0.2, -0.15) is 0 Å². The molecule has 1 rings (SSSR count). The highest BCUT2D eigenvalue weighted by Crippen LogP contribution is 2.34. The Balaban J connectivity index is 2.76. The Morgan fingerprint density at radius 2 is 2.00 bits per heavy atom. The number of esters is 2. The average Bonchev–Trinajstić information content (AvgIpc) is 2.82. The van der Waals surface area contributed by atoms with Crippen molar-refractivity contribution in [2.75, 3.05) is 13.2 Å². The van der Waals surface area contributed by atoms with Crippen molar-refractivity contribution in [3.05, 3.63) is 23.3 Å².